The molecular weight excluding hydrogens is 573 g/mol. The van der Waals surface area contributed by atoms with E-state index in [4.69, 9.17) is 4.43 Å². The van der Waals surface area contributed by atoms with E-state index in [0.717, 1.165) is 51.9 Å². The van der Waals surface area contributed by atoms with Crippen LogP contribution in [0.3, 0.4) is 0 Å². The average Bonchev–Trinajstić information content (AvgIpc) is 3.04. The van der Waals surface area contributed by atoms with Crippen molar-refractivity contribution in [1.82, 2.24) is 19.9 Å². The maximum Gasteiger partial charge on any atom is 0.191 e. The van der Waals surface area contributed by atoms with Crippen LogP contribution < -0.4 is 0 Å². The molecule has 0 saturated carbocycles. The Balaban J connectivity index is 0.000000186. The second-order valence-corrected chi connectivity index (χ2v) is 17.8. The molecule has 1 atom stereocenters. The van der Waals surface area contributed by atoms with Crippen molar-refractivity contribution in [3.05, 3.63) is 121 Å². The van der Waals surface area contributed by atoms with Crippen LogP contribution in [0.4, 0.5) is 0 Å². The second-order valence-electron chi connectivity index (χ2n) is 13.0. The van der Waals surface area contributed by atoms with E-state index in [-0.39, 0.29) is 5.04 Å². The molecule has 6 rings (SSSR count). The molecule has 2 aromatic heterocycles. The lowest BCUT2D eigenvalue weighted by Crippen LogP contribution is -2.41. The van der Waals surface area contributed by atoms with Gasteiger partial charge in [0.05, 0.1) is 6.10 Å². The molecule has 4 aromatic carbocycles. The van der Waals surface area contributed by atoms with Crippen molar-refractivity contribution < 1.29 is 9.53 Å². The molecule has 0 aliphatic heterocycles. The van der Waals surface area contributed by atoms with E-state index in [0.29, 0.717) is 0 Å². The third-order valence-electron chi connectivity index (χ3n) is 8.63. The summed E-state index contributed by atoms with van der Waals surface area (Å²) in [5.74, 6) is 0.726. The third-order valence-corrected chi connectivity index (χ3v) is 13.2. The molecule has 0 aliphatic carbocycles. The molecule has 0 fully saturated rings. The van der Waals surface area contributed by atoms with Gasteiger partial charge in [0.15, 0.2) is 14.1 Å². The van der Waals surface area contributed by atoms with Crippen LogP contribution in [-0.2, 0) is 10.8 Å². The van der Waals surface area contributed by atoms with Gasteiger partial charge in [-0.15, -0.1) is 0 Å². The van der Waals surface area contributed by atoms with Gasteiger partial charge in [-0.1, -0.05) is 75.4 Å². The van der Waals surface area contributed by atoms with Gasteiger partial charge in [0.1, 0.15) is 6.33 Å². The topological polar surface area (TPSA) is 81.0 Å². The minimum Gasteiger partial charge on any atom is -0.416 e. The zero-order valence-corrected chi connectivity index (χ0v) is 28.0. The number of aliphatic hydroxyl groups excluding tert-OH is 1. The van der Waals surface area contributed by atoms with Crippen molar-refractivity contribution in [2.75, 3.05) is 6.61 Å². The highest BCUT2D eigenvalue weighted by Gasteiger charge is 2.36. The van der Waals surface area contributed by atoms with E-state index in [2.05, 4.69) is 96.3 Å². The van der Waals surface area contributed by atoms with E-state index in [1.807, 2.05) is 42.7 Å². The molecule has 0 aliphatic rings. The Hall–Kier alpha value is -4.30. The Morgan fingerprint density at radius 3 is 1.98 bits per heavy atom. The van der Waals surface area contributed by atoms with Crippen molar-refractivity contribution in [3.63, 3.8) is 0 Å². The second kappa shape index (κ2) is 13.8. The summed E-state index contributed by atoms with van der Waals surface area (Å²) >= 11 is 0. The lowest BCUT2D eigenvalue weighted by Gasteiger charge is -2.36. The summed E-state index contributed by atoms with van der Waals surface area (Å²) in [6, 6.07) is 27.1. The number of fused-ring (bicyclic) bond motifs is 2. The van der Waals surface area contributed by atoms with Gasteiger partial charge in [0.2, 0.25) is 0 Å². The molecule has 0 radical (unpaired) electrons. The molecule has 1 unspecified atom stereocenters. The van der Waals surface area contributed by atoms with Gasteiger partial charge in [0, 0.05) is 42.5 Å². The molecule has 230 valence electrons. The van der Waals surface area contributed by atoms with Gasteiger partial charge in [-0.3, -0.25) is 0 Å². The minimum atomic E-state index is -1.67. The van der Waals surface area contributed by atoms with Gasteiger partial charge in [0.25, 0.3) is 0 Å². The van der Waals surface area contributed by atoms with E-state index in [1.54, 1.807) is 31.7 Å². The summed E-state index contributed by atoms with van der Waals surface area (Å²) in [5, 5.41) is 14.6. The first-order valence-corrected chi connectivity index (χ1v) is 18.3. The van der Waals surface area contributed by atoms with Crippen LogP contribution in [0.5, 0.6) is 0 Å². The molecule has 0 spiro atoms. The summed E-state index contributed by atoms with van der Waals surface area (Å²) in [4.78, 5) is 16.7. The zero-order chi connectivity index (χ0) is 32.0. The van der Waals surface area contributed by atoms with Crippen LogP contribution in [0, 0.1) is 0 Å². The Morgan fingerprint density at radius 1 is 0.733 bits per heavy atom. The Bertz CT molecular complexity index is 1870. The number of benzene rings is 4. The number of nitrogens with zero attached hydrogens (tertiary/aromatic N) is 4. The number of rotatable bonds is 7. The van der Waals surface area contributed by atoms with Crippen molar-refractivity contribution in [3.8, 4) is 22.5 Å². The van der Waals surface area contributed by atoms with Crippen molar-refractivity contribution in [2.24, 2.45) is 0 Å². The molecule has 0 bridgehead atoms. The number of hydrogen-bond donors (Lipinski definition) is 1. The molecular formula is C38H42N4O2Si. The van der Waals surface area contributed by atoms with E-state index < -0.39 is 14.4 Å². The molecule has 2 heterocycles. The van der Waals surface area contributed by atoms with E-state index in [9.17, 15) is 5.11 Å². The number of aromatic nitrogens is 4. The van der Waals surface area contributed by atoms with Crippen LogP contribution in [0.2, 0.25) is 18.1 Å². The van der Waals surface area contributed by atoms with Crippen LogP contribution in [0.25, 0.3) is 44.1 Å². The Kier molecular flexibility index (Phi) is 9.82. The predicted octanol–water partition coefficient (Wildman–Crippen LogP) is 9.21. The lowest BCUT2D eigenvalue weighted by molar-refractivity contribution is 0.199. The summed E-state index contributed by atoms with van der Waals surface area (Å²) in [5.41, 5.74) is 5.44. The van der Waals surface area contributed by atoms with Crippen LogP contribution in [0.1, 0.15) is 44.9 Å². The van der Waals surface area contributed by atoms with Crippen molar-refractivity contribution in [1.29, 1.82) is 0 Å². The van der Waals surface area contributed by atoms with Gasteiger partial charge in [-0.2, -0.15) is 0 Å². The van der Waals surface area contributed by atoms with Crippen molar-refractivity contribution in [2.45, 2.75) is 58.4 Å². The molecule has 6 aromatic rings. The first-order chi connectivity index (χ1) is 21.5. The molecule has 7 heteroatoms. The minimum absolute atomic E-state index is 0.258. The highest BCUT2D eigenvalue weighted by Crippen LogP contribution is 2.36. The summed E-state index contributed by atoms with van der Waals surface area (Å²) in [7, 11) is -1.67. The van der Waals surface area contributed by atoms with Gasteiger partial charge in [-0.05, 0) is 94.0 Å². The Labute approximate surface area is 267 Å². The Morgan fingerprint density at radius 2 is 1.31 bits per heavy atom. The first kappa shape index (κ1) is 32.1. The number of aliphatic hydroxyl groups is 1. The third kappa shape index (κ3) is 8.05. The van der Waals surface area contributed by atoms with Crippen LogP contribution >= 0.6 is 0 Å². The standard InChI is InChI=1S/C22H28N2OSi.C16H14N2O/c1-22(2,3)26(4,5)25-11-10-17-6-7-19-13-20(9-8-18(19)12-17)21-14-23-16-24-15-21;1-11(19)12-3-4-14-10-15(6-5-13(14)9-12)16-17-7-2-8-18-16/h6-9,12-16H,10-11H2,1-5H3;2-11,19H,1H3. The fraction of sp³-hybridized carbons (Fsp3) is 0.263. The van der Waals surface area contributed by atoms with E-state index in [1.165, 1.54) is 16.3 Å². The van der Waals surface area contributed by atoms with Gasteiger partial charge < -0.3 is 9.53 Å². The fourth-order valence-electron chi connectivity index (χ4n) is 4.83. The quantitative estimate of drug-likeness (QED) is 0.181. The summed E-state index contributed by atoms with van der Waals surface area (Å²) in [6.07, 6.45) is 9.24. The normalized spacial score (nSPS) is 12.5. The van der Waals surface area contributed by atoms with Crippen molar-refractivity contribution >= 4 is 29.9 Å². The highest BCUT2D eigenvalue weighted by molar-refractivity contribution is 6.74. The molecule has 6 nitrogen and oxygen atoms in total. The monoisotopic (exact) mass is 614 g/mol. The highest BCUT2D eigenvalue weighted by atomic mass is 28.4. The smallest absolute Gasteiger partial charge is 0.191 e. The SMILES string of the molecule is CC(C)(C)[Si](C)(C)OCCc1ccc2cc(-c3cncnc3)ccc2c1.CC(O)c1ccc2cc(-c3ncccn3)ccc2c1. The molecule has 1 N–H and O–H groups in total. The van der Waals surface area contributed by atoms with Gasteiger partial charge >= 0.3 is 0 Å². The zero-order valence-electron chi connectivity index (χ0n) is 27.0. The maximum atomic E-state index is 9.60. The molecule has 0 saturated heterocycles. The van der Waals surface area contributed by atoms with Crippen LogP contribution in [-0.4, -0.2) is 40.0 Å². The van der Waals surface area contributed by atoms with Gasteiger partial charge in [-0.25, -0.2) is 19.9 Å². The fourth-order valence-corrected chi connectivity index (χ4v) is 5.88. The lowest BCUT2D eigenvalue weighted by atomic mass is 10.0. The maximum absolute atomic E-state index is 9.60. The first-order valence-electron chi connectivity index (χ1n) is 15.4. The summed E-state index contributed by atoms with van der Waals surface area (Å²) < 4.78 is 6.31. The number of hydrogen-bond acceptors (Lipinski definition) is 6. The van der Waals surface area contributed by atoms with Crippen LogP contribution in [0.15, 0.2) is 110 Å². The molecule has 0 amide bonds. The largest absolute Gasteiger partial charge is 0.416 e. The molecule has 45 heavy (non-hydrogen) atoms. The van der Waals surface area contributed by atoms with E-state index >= 15 is 0 Å². The predicted molar refractivity (Wildman–Crippen MR) is 187 cm³/mol. The summed E-state index contributed by atoms with van der Waals surface area (Å²) in [6.45, 7) is 14.0. The average molecular weight is 615 g/mol.